The van der Waals surface area contributed by atoms with Crippen LogP contribution in [-0.2, 0) is 0 Å². The van der Waals surface area contributed by atoms with Gasteiger partial charge in [-0.05, 0) is 61.2 Å². The maximum atomic E-state index is 12.9. The summed E-state index contributed by atoms with van der Waals surface area (Å²) in [5.41, 5.74) is 10.9. The number of benzene rings is 2. The second-order valence-corrected chi connectivity index (χ2v) is 5.71. The van der Waals surface area contributed by atoms with E-state index >= 15 is 0 Å². The molecule has 2 N–H and O–H groups in total. The fraction of sp³-hybridized carbons (Fsp3) is 0.333. The van der Waals surface area contributed by atoms with Gasteiger partial charge in [0.2, 0.25) is 0 Å². The summed E-state index contributed by atoms with van der Waals surface area (Å²) in [6.45, 7) is 5.07. The van der Waals surface area contributed by atoms with Gasteiger partial charge < -0.3 is 10.6 Å². The minimum atomic E-state index is -0.224. The average Bonchev–Trinajstić information content (AvgIpc) is 2.44. The molecule has 3 heteroatoms. The van der Waals surface area contributed by atoms with E-state index in [0.717, 1.165) is 18.5 Å². The molecule has 112 valence electrons. The number of hydrogen-bond donors (Lipinski definition) is 1. The topological polar surface area (TPSA) is 29.3 Å². The van der Waals surface area contributed by atoms with E-state index < -0.39 is 0 Å². The average molecular weight is 286 g/mol. The molecule has 0 spiro atoms. The number of rotatable bonds is 5. The summed E-state index contributed by atoms with van der Waals surface area (Å²) in [7, 11) is 2.07. The summed E-state index contributed by atoms with van der Waals surface area (Å²) in [5.74, 6) is -0.224. The molecular weight excluding hydrogens is 263 g/mol. The van der Waals surface area contributed by atoms with E-state index in [1.165, 1.54) is 28.9 Å². The normalized spacial score (nSPS) is 12.2. The largest absolute Gasteiger partial charge is 0.375 e. The molecule has 0 saturated carbocycles. The molecule has 0 aliphatic rings. The van der Waals surface area contributed by atoms with E-state index in [-0.39, 0.29) is 11.9 Å². The van der Waals surface area contributed by atoms with Crippen molar-refractivity contribution < 1.29 is 4.39 Å². The molecule has 0 amide bonds. The Balaban J connectivity index is 1.97. The summed E-state index contributed by atoms with van der Waals surface area (Å²) in [6.07, 6.45) is 0.828. The predicted octanol–water partition coefficient (Wildman–Crippen LogP) is 3.97. The first-order valence-electron chi connectivity index (χ1n) is 7.26. The molecule has 1 unspecified atom stereocenters. The summed E-state index contributed by atoms with van der Waals surface area (Å²) in [4.78, 5) is 2.21. The third-order valence-corrected chi connectivity index (χ3v) is 3.72. The van der Waals surface area contributed by atoms with Crippen LogP contribution in [0.15, 0.2) is 42.5 Å². The van der Waals surface area contributed by atoms with Gasteiger partial charge in [-0.1, -0.05) is 18.2 Å². The van der Waals surface area contributed by atoms with Crippen molar-refractivity contribution in [1.29, 1.82) is 0 Å². The maximum Gasteiger partial charge on any atom is 0.123 e. The van der Waals surface area contributed by atoms with Gasteiger partial charge in [0.25, 0.3) is 0 Å². The van der Waals surface area contributed by atoms with Crippen LogP contribution in [0, 0.1) is 19.7 Å². The lowest BCUT2D eigenvalue weighted by molar-refractivity contribution is 0.618. The van der Waals surface area contributed by atoms with Crippen molar-refractivity contribution in [1.82, 2.24) is 0 Å². The van der Waals surface area contributed by atoms with Gasteiger partial charge in [-0.25, -0.2) is 4.39 Å². The summed E-state index contributed by atoms with van der Waals surface area (Å²) in [6, 6.07) is 12.9. The highest BCUT2D eigenvalue weighted by molar-refractivity contribution is 5.50. The molecule has 2 aromatic carbocycles. The van der Waals surface area contributed by atoms with E-state index in [4.69, 9.17) is 5.73 Å². The van der Waals surface area contributed by atoms with Crippen LogP contribution in [0.25, 0.3) is 0 Å². The monoisotopic (exact) mass is 286 g/mol. The lowest BCUT2D eigenvalue weighted by Crippen LogP contribution is -2.23. The smallest absolute Gasteiger partial charge is 0.123 e. The molecular formula is C18H23FN2. The van der Waals surface area contributed by atoms with Crippen molar-refractivity contribution in [2.75, 3.05) is 18.5 Å². The standard InChI is InChI=1S/C18H23FN2/c1-13-10-14(2)12-17(11-13)21(3)9-8-18(20)15-4-6-16(19)7-5-15/h4-7,10-12,18H,8-9,20H2,1-3H3. The second-order valence-electron chi connectivity index (χ2n) is 5.71. The minimum absolute atomic E-state index is 0.0704. The SMILES string of the molecule is Cc1cc(C)cc(N(C)CCC(N)c2ccc(F)cc2)c1. The number of anilines is 1. The third-order valence-electron chi connectivity index (χ3n) is 3.72. The number of aryl methyl sites for hydroxylation is 2. The maximum absolute atomic E-state index is 12.9. The van der Waals surface area contributed by atoms with Gasteiger partial charge in [-0.3, -0.25) is 0 Å². The van der Waals surface area contributed by atoms with E-state index in [1.54, 1.807) is 12.1 Å². The predicted molar refractivity (Wildman–Crippen MR) is 87.1 cm³/mol. The first-order chi connectivity index (χ1) is 9.95. The first kappa shape index (κ1) is 15.5. The Hall–Kier alpha value is -1.87. The molecule has 1 atom stereocenters. The Labute approximate surface area is 126 Å². The fourth-order valence-corrected chi connectivity index (χ4v) is 2.51. The summed E-state index contributed by atoms with van der Waals surface area (Å²) in [5, 5.41) is 0. The van der Waals surface area contributed by atoms with Crippen LogP contribution in [-0.4, -0.2) is 13.6 Å². The molecule has 0 bridgehead atoms. The van der Waals surface area contributed by atoms with Crippen LogP contribution in [0.2, 0.25) is 0 Å². The molecule has 0 fully saturated rings. The summed E-state index contributed by atoms with van der Waals surface area (Å²) < 4.78 is 12.9. The molecule has 2 nitrogen and oxygen atoms in total. The Kier molecular flexibility index (Phi) is 4.97. The van der Waals surface area contributed by atoms with Gasteiger partial charge in [-0.2, -0.15) is 0 Å². The zero-order valence-corrected chi connectivity index (χ0v) is 12.9. The molecule has 0 radical (unpaired) electrons. The minimum Gasteiger partial charge on any atom is -0.375 e. The highest BCUT2D eigenvalue weighted by atomic mass is 19.1. The number of hydrogen-bond acceptors (Lipinski definition) is 2. The number of halogens is 1. The van der Waals surface area contributed by atoms with E-state index in [0.29, 0.717) is 0 Å². The van der Waals surface area contributed by atoms with Crippen molar-refractivity contribution >= 4 is 5.69 Å². The quantitative estimate of drug-likeness (QED) is 0.901. The third kappa shape index (κ3) is 4.30. The molecule has 0 aromatic heterocycles. The zero-order valence-electron chi connectivity index (χ0n) is 12.9. The molecule has 21 heavy (non-hydrogen) atoms. The number of nitrogens with two attached hydrogens (primary N) is 1. The Morgan fingerprint density at radius 1 is 1.05 bits per heavy atom. The van der Waals surface area contributed by atoms with Crippen LogP contribution >= 0.6 is 0 Å². The molecule has 0 aliphatic heterocycles. The molecule has 2 aromatic rings. The van der Waals surface area contributed by atoms with Crippen molar-refractivity contribution in [3.63, 3.8) is 0 Å². The first-order valence-corrected chi connectivity index (χ1v) is 7.26. The lowest BCUT2D eigenvalue weighted by atomic mass is 10.0. The molecule has 0 saturated heterocycles. The Morgan fingerprint density at radius 2 is 1.62 bits per heavy atom. The van der Waals surface area contributed by atoms with E-state index in [1.807, 2.05) is 0 Å². The van der Waals surface area contributed by atoms with Gasteiger partial charge in [0.05, 0.1) is 0 Å². The van der Waals surface area contributed by atoms with E-state index in [9.17, 15) is 4.39 Å². The van der Waals surface area contributed by atoms with Crippen molar-refractivity contribution in [2.24, 2.45) is 5.73 Å². The molecule has 0 aliphatic carbocycles. The van der Waals surface area contributed by atoms with Gasteiger partial charge in [-0.15, -0.1) is 0 Å². The van der Waals surface area contributed by atoms with Crippen LogP contribution in [0.3, 0.4) is 0 Å². The zero-order chi connectivity index (χ0) is 15.4. The van der Waals surface area contributed by atoms with Crippen LogP contribution < -0.4 is 10.6 Å². The Bertz CT molecular complexity index is 572. The highest BCUT2D eigenvalue weighted by Gasteiger charge is 2.09. The molecule has 0 heterocycles. The second kappa shape index (κ2) is 6.72. The summed E-state index contributed by atoms with van der Waals surface area (Å²) >= 11 is 0. The van der Waals surface area contributed by atoms with Crippen molar-refractivity contribution in [3.8, 4) is 0 Å². The van der Waals surface area contributed by atoms with Crippen LogP contribution in [0.4, 0.5) is 10.1 Å². The van der Waals surface area contributed by atoms with Crippen molar-refractivity contribution in [2.45, 2.75) is 26.3 Å². The van der Waals surface area contributed by atoms with E-state index in [2.05, 4.69) is 44.0 Å². The van der Waals surface area contributed by atoms with Gasteiger partial charge in [0.15, 0.2) is 0 Å². The number of nitrogens with zero attached hydrogens (tertiary/aromatic N) is 1. The highest BCUT2D eigenvalue weighted by Crippen LogP contribution is 2.20. The van der Waals surface area contributed by atoms with Crippen LogP contribution in [0.5, 0.6) is 0 Å². The fourth-order valence-electron chi connectivity index (χ4n) is 2.51. The molecule has 2 rings (SSSR count). The van der Waals surface area contributed by atoms with Gasteiger partial charge >= 0.3 is 0 Å². The van der Waals surface area contributed by atoms with Gasteiger partial charge in [0.1, 0.15) is 5.82 Å². The Morgan fingerprint density at radius 3 is 2.19 bits per heavy atom. The van der Waals surface area contributed by atoms with Crippen molar-refractivity contribution in [3.05, 3.63) is 65.0 Å². The van der Waals surface area contributed by atoms with Crippen LogP contribution in [0.1, 0.15) is 29.2 Å². The lowest BCUT2D eigenvalue weighted by Gasteiger charge is -2.22. The van der Waals surface area contributed by atoms with Gasteiger partial charge in [0, 0.05) is 25.3 Å².